The van der Waals surface area contributed by atoms with Crippen molar-refractivity contribution in [1.82, 2.24) is 5.32 Å². The van der Waals surface area contributed by atoms with E-state index >= 15 is 0 Å². The van der Waals surface area contributed by atoms with Crippen molar-refractivity contribution < 1.29 is 19.7 Å². The Labute approximate surface area is 140 Å². The monoisotopic (exact) mass is 330 g/mol. The first-order valence-electron chi connectivity index (χ1n) is 7.68. The predicted octanol–water partition coefficient (Wildman–Crippen LogP) is 1.50. The van der Waals surface area contributed by atoms with E-state index < -0.39 is 12.0 Å². The van der Waals surface area contributed by atoms with Crippen LogP contribution in [0.2, 0.25) is 0 Å². The predicted molar refractivity (Wildman–Crippen MR) is 91.1 cm³/mol. The second-order valence-corrected chi connectivity index (χ2v) is 5.53. The van der Waals surface area contributed by atoms with Gasteiger partial charge in [-0.05, 0) is 30.7 Å². The molecule has 1 atom stereocenters. The fourth-order valence-corrected chi connectivity index (χ4v) is 2.28. The number of rotatable bonds is 8. The van der Waals surface area contributed by atoms with Crippen molar-refractivity contribution in [3.05, 3.63) is 59.2 Å². The topological polar surface area (TPSA) is 105 Å². The Hall–Kier alpha value is -2.57. The van der Waals surface area contributed by atoms with E-state index in [9.17, 15) is 15.0 Å². The first-order chi connectivity index (χ1) is 11.5. The number of ether oxygens (including phenoxy) is 1. The van der Waals surface area contributed by atoms with Crippen molar-refractivity contribution in [3.63, 3.8) is 0 Å². The van der Waals surface area contributed by atoms with Gasteiger partial charge in [-0.3, -0.25) is 4.79 Å². The highest BCUT2D eigenvalue weighted by Crippen LogP contribution is 2.22. The molecule has 0 fully saturated rings. The number of aliphatic hydroxyl groups is 1. The highest BCUT2D eigenvalue weighted by atomic mass is 16.5. The van der Waals surface area contributed by atoms with Gasteiger partial charge in [0, 0.05) is 13.1 Å². The zero-order chi connectivity index (χ0) is 17.5. The van der Waals surface area contributed by atoms with E-state index in [4.69, 9.17) is 10.5 Å². The smallest absolute Gasteiger partial charge is 0.252 e. The minimum Gasteiger partial charge on any atom is -0.507 e. The summed E-state index contributed by atoms with van der Waals surface area (Å²) >= 11 is 0. The van der Waals surface area contributed by atoms with Gasteiger partial charge < -0.3 is 26.0 Å². The number of nitrogens with one attached hydrogen (secondary N) is 1. The maximum Gasteiger partial charge on any atom is 0.252 e. The van der Waals surface area contributed by atoms with Gasteiger partial charge in [0.1, 0.15) is 18.1 Å². The van der Waals surface area contributed by atoms with Crippen LogP contribution in [0.4, 0.5) is 0 Å². The van der Waals surface area contributed by atoms with Crippen LogP contribution in [0.15, 0.2) is 42.5 Å². The van der Waals surface area contributed by atoms with Gasteiger partial charge in [0.25, 0.3) is 5.91 Å². The molecule has 1 amide bonds. The number of phenols is 1. The number of aromatic hydroxyl groups is 1. The van der Waals surface area contributed by atoms with Crippen molar-refractivity contribution >= 4 is 5.91 Å². The molecule has 0 spiro atoms. The number of carbonyl (C=O) groups is 1. The van der Waals surface area contributed by atoms with E-state index in [1.807, 2.05) is 31.2 Å². The number of hydrogen-bond acceptors (Lipinski definition) is 5. The van der Waals surface area contributed by atoms with Crippen LogP contribution in [0.3, 0.4) is 0 Å². The first kappa shape index (κ1) is 17.8. The van der Waals surface area contributed by atoms with Crippen LogP contribution < -0.4 is 15.8 Å². The van der Waals surface area contributed by atoms with Crippen LogP contribution in [0, 0.1) is 6.92 Å². The Morgan fingerprint density at radius 3 is 2.79 bits per heavy atom. The molecule has 0 bridgehead atoms. The highest BCUT2D eigenvalue weighted by Gasteiger charge is 2.09. The second-order valence-electron chi connectivity index (χ2n) is 5.53. The van der Waals surface area contributed by atoms with Gasteiger partial charge in [-0.2, -0.15) is 0 Å². The number of carbonyl (C=O) groups excluding carboxylic acids is 1. The third-order valence-electron chi connectivity index (χ3n) is 3.55. The van der Waals surface area contributed by atoms with E-state index in [0.717, 1.165) is 11.1 Å². The molecule has 1 unspecified atom stereocenters. The van der Waals surface area contributed by atoms with Crippen molar-refractivity contribution in [1.29, 1.82) is 0 Å². The summed E-state index contributed by atoms with van der Waals surface area (Å²) in [5, 5.41) is 22.7. The van der Waals surface area contributed by atoms with E-state index in [2.05, 4.69) is 5.32 Å². The molecule has 5 N–H and O–H groups in total. The fraction of sp³-hybridized carbons (Fsp3) is 0.278. The van der Waals surface area contributed by atoms with Gasteiger partial charge in [-0.1, -0.05) is 29.8 Å². The molecule has 0 aromatic heterocycles. The SMILES string of the molecule is Cc1cccc(C(O)CNCCOc2ccc(O)c(C(N)=O)c2)c1. The summed E-state index contributed by atoms with van der Waals surface area (Å²) in [6.07, 6.45) is -0.583. The van der Waals surface area contributed by atoms with Gasteiger partial charge in [0.15, 0.2) is 0 Å². The standard InChI is InChI=1S/C18H22N2O4/c1-12-3-2-4-13(9-12)17(22)11-20-7-8-24-14-5-6-16(21)15(10-14)18(19)23/h2-6,9-10,17,20-22H,7-8,11H2,1H3,(H2,19,23). The third kappa shape index (κ3) is 4.97. The zero-order valence-electron chi connectivity index (χ0n) is 13.5. The van der Waals surface area contributed by atoms with Gasteiger partial charge in [0.05, 0.1) is 11.7 Å². The molecule has 0 saturated carbocycles. The van der Waals surface area contributed by atoms with E-state index in [1.54, 1.807) is 6.07 Å². The van der Waals surface area contributed by atoms with Crippen molar-refractivity contribution in [3.8, 4) is 11.5 Å². The molecular weight excluding hydrogens is 308 g/mol. The molecule has 0 saturated heterocycles. The summed E-state index contributed by atoms with van der Waals surface area (Å²) in [6, 6.07) is 12.1. The van der Waals surface area contributed by atoms with Crippen LogP contribution in [-0.2, 0) is 0 Å². The average Bonchev–Trinajstić information content (AvgIpc) is 2.55. The lowest BCUT2D eigenvalue weighted by atomic mass is 10.1. The number of primary amides is 1. The largest absolute Gasteiger partial charge is 0.507 e. The lowest BCUT2D eigenvalue weighted by Gasteiger charge is -2.13. The molecular formula is C18H22N2O4. The van der Waals surface area contributed by atoms with Crippen LogP contribution in [0.5, 0.6) is 11.5 Å². The van der Waals surface area contributed by atoms with Crippen molar-refractivity contribution in [2.24, 2.45) is 5.73 Å². The summed E-state index contributed by atoms with van der Waals surface area (Å²) in [6.45, 7) is 3.27. The minimum atomic E-state index is -0.711. The van der Waals surface area contributed by atoms with Gasteiger partial charge in [0.2, 0.25) is 0 Å². The van der Waals surface area contributed by atoms with Gasteiger partial charge in [-0.15, -0.1) is 0 Å². The summed E-state index contributed by atoms with van der Waals surface area (Å²) in [7, 11) is 0. The molecule has 2 rings (SSSR count). The fourth-order valence-electron chi connectivity index (χ4n) is 2.28. The second kappa shape index (κ2) is 8.33. The number of aliphatic hydroxyl groups excluding tert-OH is 1. The van der Waals surface area contributed by atoms with Crippen molar-refractivity contribution in [2.45, 2.75) is 13.0 Å². The first-order valence-corrected chi connectivity index (χ1v) is 7.68. The van der Waals surface area contributed by atoms with E-state index in [1.165, 1.54) is 12.1 Å². The van der Waals surface area contributed by atoms with Gasteiger partial charge >= 0.3 is 0 Å². The third-order valence-corrected chi connectivity index (χ3v) is 3.55. The summed E-state index contributed by atoms with van der Waals surface area (Å²) in [5.41, 5.74) is 7.16. The Bertz CT molecular complexity index is 703. The molecule has 128 valence electrons. The summed E-state index contributed by atoms with van der Waals surface area (Å²) in [4.78, 5) is 11.2. The number of benzene rings is 2. The molecule has 2 aromatic rings. The highest BCUT2D eigenvalue weighted by molar-refractivity contribution is 5.95. The van der Waals surface area contributed by atoms with Gasteiger partial charge in [-0.25, -0.2) is 0 Å². The molecule has 0 aliphatic heterocycles. The normalized spacial score (nSPS) is 11.9. The lowest BCUT2D eigenvalue weighted by Crippen LogP contribution is -2.26. The minimum absolute atomic E-state index is 0.0235. The van der Waals surface area contributed by atoms with E-state index in [-0.39, 0.29) is 11.3 Å². The Kier molecular flexibility index (Phi) is 6.17. The molecule has 2 aromatic carbocycles. The quantitative estimate of drug-likeness (QED) is 0.549. The number of amides is 1. The molecule has 6 heteroatoms. The van der Waals surface area contributed by atoms with Crippen molar-refractivity contribution in [2.75, 3.05) is 19.7 Å². The maximum absolute atomic E-state index is 11.2. The van der Waals surface area contributed by atoms with E-state index in [0.29, 0.717) is 25.4 Å². The number of hydrogen-bond donors (Lipinski definition) is 4. The molecule has 0 heterocycles. The number of aryl methyl sites for hydroxylation is 1. The Balaban J connectivity index is 1.75. The lowest BCUT2D eigenvalue weighted by molar-refractivity contribution is 0.0997. The molecule has 0 aliphatic carbocycles. The molecule has 6 nitrogen and oxygen atoms in total. The summed E-state index contributed by atoms with van der Waals surface area (Å²) in [5.74, 6) is -0.436. The molecule has 0 radical (unpaired) electrons. The zero-order valence-corrected chi connectivity index (χ0v) is 13.5. The average molecular weight is 330 g/mol. The Morgan fingerprint density at radius 1 is 1.29 bits per heavy atom. The Morgan fingerprint density at radius 2 is 2.08 bits per heavy atom. The number of nitrogens with two attached hydrogens (primary N) is 1. The van der Waals surface area contributed by atoms with Crippen LogP contribution >= 0.6 is 0 Å². The maximum atomic E-state index is 11.2. The summed E-state index contributed by atoms with van der Waals surface area (Å²) < 4.78 is 5.50. The molecule has 24 heavy (non-hydrogen) atoms. The van der Waals surface area contributed by atoms with Crippen LogP contribution in [-0.4, -0.2) is 35.8 Å². The van der Waals surface area contributed by atoms with Crippen LogP contribution in [0.1, 0.15) is 27.6 Å². The van der Waals surface area contributed by atoms with Crippen LogP contribution in [0.25, 0.3) is 0 Å². The molecule has 0 aliphatic rings.